The molecule has 0 aliphatic heterocycles. The fraction of sp³-hybridized carbons (Fsp3) is 0.308. The van der Waals surface area contributed by atoms with Crippen LogP contribution in [0.5, 0.6) is 0 Å². The fourth-order valence-electron chi connectivity index (χ4n) is 1.82. The van der Waals surface area contributed by atoms with Gasteiger partial charge in [0.25, 0.3) is 0 Å². The number of hydrogen-bond acceptors (Lipinski definition) is 3. The van der Waals surface area contributed by atoms with Crippen LogP contribution >= 0.6 is 0 Å². The molecule has 0 fully saturated rings. The minimum absolute atomic E-state index is 0.228. The highest BCUT2D eigenvalue weighted by atomic mass is 19.1. The second kappa shape index (κ2) is 4.01. The summed E-state index contributed by atoms with van der Waals surface area (Å²) in [6.07, 6.45) is 0. The maximum atomic E-state index is 13.2. The fourth-order valence-corrected chi connectivity index (χ4v) is 1.82. The molecule has 2 aromatic rings. The molecule has 4 nitrogen and oxygen atoms in total. The molecule has 0 radical (unpaired) electrons. The first-order valence-corrected chi connectivity index (χ1v) is 5.70. The van der Waals surface area contributed by atoms with Crippen LogP contribution in [0.15, 0.2) is 24.3 Å². The maximum Gasteiger partial charge on any atom is 0.150 e. The molecule has 96 valence electrons. The zero-order chi connectivity index (χ0) is 13.5. The van der Waals surface area contributed by atoms with Crippen molar-refractivity contribution in [3.8, 4) is 11.3 Å². The number of benzene rings is 1. The zero-order valence-electron chi connectivity index (χ0n) is 10.7. The lowest BCUT2D eigenvalue weighted by molar-refractivity contribution is 0.532. The Hall–Kier alpha value is -2.04. The molecule has 1 aromatic carbocycles. The van der Waals surface area contributed by atoms with E-state index in [2.05, 4.69) is 4.98 Å². The van der Waals surface area contributed by atoms with Crippen molar-refractivity contribution in [2.24, 2.45) is 0 Å². The predicted octanol–water partition coefficient (Wildman–Crippen LogP) is 2.28. The van der Waals surface area contributed by atoms with Crippen molar-refractivity contribution in [1.29, 1.82) is 0 Å². The number of nitrogens with two attached hydrogens (primary N) is 2. The standard InChI is InChI=1S/C13H17FN4/c1-13(2,3)12-17-10(11(15)18(12)16)8-5-4-6-9(14)7-8/h4-7H,15-16H2,1-3H3. The zero-order valence-corrected chi connectivity index (χ0v) is 10.7. The summed E-state index contributed by atoms with van der Waals surface area (Å²) in [5.74, 6) is 6.58. The second-order valence-electron chi connectivity index (χ2n) is 5.30. The molecule has 18 heavy (non-hydrogen) atoms. The number of rotatable bonds is 1. The van der Waals surface area contributed by atoms with Crippen LogP contribution in [0.25, 0.3) is 11.3 Å². The van der Waals surface area contributed by atoms with Crippen LogP contribution < -0.4 is 11.6 Å². The molecular weight excluding hydrogens is 231 g/mol. The second-order valence-corrected chi connectivity index (χ2v) is 5.30. The molecule has 0 saturated heterocycles. The van der Waals surface area contributed by atoms with Crippen LogP contribution in [0.1, 0.15) is 26.6 Å². The van der Waals surface area contributed by atoms with Gasteiger partial charge in [0.15, 0.2) is 5.82 Å². The van der Waals surface area contributed by atoms with Crippen LogP contribution in [-0.4, -0.2) is 9.66 Å². The molecule has 0 unspecified atom stereocenters. The molecular formula is C13H17FN4. The van der Waals surface area contributed by atoms with Crippen molar-refractivity contribution in [2.45, 2.75) is 26.2 Å². The quantitative estimate of drug-likeness (QED) is 0.761. The van der Waals surface area contributed by atoms with Gasteiger partial charge in [0.05, 0.1) is 0 Å². The van der Waals surface area contributed by atoms with Gasteiger partial charge in [0, 0.05) is 11.0 Å². The normalized spacial score (nSPS) is 11.8. The highest BCUT2D eigenvalue weighted by molar-refractivity contribution is 5.71. The van der Waals surface area contributed by atoms with Gasteiger partial charge in [-0.15, -0.1) is 0 Å². The first-order valence-electron chi connectivity index (χ1n) is 5.70. The van der Waals surface area contributed by atoms with Crippen LogP contribution in [-0.2, 0) is 5.41 Å². The van der Waals surface area contributed by atoms with Crippen LogP contribution in [0.4, 0.5) is 10.2 Å². The lowest BCUT2D eigenvalue weighted by Gasteiger charge is -2.17. The van der Waals surface area contributed by atoms with E-state index in [1.54, 1.807) is 12.1 Å². The van der Waals surface area contributed by atoms with Crippen molar-refractivity contribution < 1.29 is 4.39 Å². The molecule has 0 saturated carbocycles. The Kier molecular flexibility index (Phi) is 2.77. The molecule has 5 heteroatoms. The van der Waals surface area contributed by atoms with Crippen LogP contribution in [0.2, 0.25) is 0 Å². The van der Waals surface area contributed by atoms with Gasteiger partial charge in [0.1, 0.15) is 17.3 Å². The Morgan fingerprint density at radius 2 is 1.94 bits per heavy atom. The first kappa shape index (κ1) is 12.4. The molecule has 1 aromatic heterocycles. The lowest BCUT2D eigenvalue weighted by Crippen LogP contribution is -2.24. The number of nitrogens with zero attached hydrogens (tertiary/aromatic N) is 2. The summed E-state index contributed by atoms with van der Waals surface area (Å²) in [6.45, 7) is 5.98. The molecule has 0 spiro atoms. The van der Waals surface area contributed by atoms with Gasteiger partial charge in [-0.05, 0) is 12.1 Å². The Bertz CT molecular complexity index is 581. The van der Waals surface area contributed by atoms with Crippen LogP contribution in [0.3, 0.4) is 0 Å². The average Bonchev–Trinajstić information content (AvgIpc) is 2.55. The van der Waals surface area contributed by atoms with Gasteiger partial charge >= 0.3 is 0 Å². The lowest BCUT2D eigenvalue weighted by atomic mass is 9.96. The summed E-state index contributed by atoms with van der Waals surface area (Å²) < 4.78 is 14.6. The number of hydrogen-bond donors (Lipinski definition) is 2. The largest absolute Gasteiger partial charge is 0.382 e. The van der Waals surface area contributed by atoms with E-state index in [-0.39, 0.29) is 11.2 Å². The SMILES string of the molecule is CC(C)(C)c1nc(-c2cccc(F)c2)c(N)n1N. The Labute approximate surface area is 105 Å². The van der Waals surface area contributed by atoms with Crippen molar-refractivity contribution >= 4 is 5.82 Å². The smallest absolute Gasteiger partial charge is 0.150 e. The van der Waals surface area contributed by atoms with Crippen molar-refractivity contribution in [2.75, 3.05) is 11.6 Å². The first-order chi connectivity index (χ1) is 8.30. The summed E-state index contributed by atoms with van der Waals surface area (Å²) in [7, 11) is 0. The summed E-state index contributed by atoms with van der Waals surface area (Å²) in [5, 5.41) is 0. The van der Waals surface area contributed by atoms with E-state index in [0.29, 0.717) is 22.9 Å². The van der Waals surface area contributed by atoms with E-state index in [9.17, 15) is 4.39 Å². The number of nitrogen functional groups attached to an aromatic ring is 2. The number of aromatic nitrogens is 2. The third kappa shape index (κ3) is 2.03. The van der Waals surface area contributed by atoms with Crippen molar-refractivity contribution in [3.05, 3.63) is 35.9 Å². The van der Waals surface area contributed by atoms with Gasteiger partial charge in [-0.2, -0.15) is 0 Å². The van der Waals surface area contributed by atoms with Crippen molar-refractivity contribution in [1.82, 2.24) is 9.66 Å². The minimum Gasteiger partial charge on any atom is -0.382 e. The molecule has 0 aliphatic rings. The summed E-state index contributed by atoms with van der Waals surface area (Å²) in [6, 6.07) is 6.15. The van der Waals surface area contributed by atoms with E-state index in [1.807, 2.05) is 20.8 Å². The van der Waals surface area contributed by atoms with Gasteiger partial charge in [-0.3, -0.25) is 0 Å². The summed E-state index contributed by atoms with van der Waals surface area (Å²) >= 11 is 0. The van der Waals surface area contributed by atoms with E-state index in [4.69, 9.17) is 11.6 Å². The Morgan fingerprint density at radius 1 is 1.28 bits per heavy atom. The highest BCUT2D eigenvalue weighted by Gasteiger charge is 2.24. The third-order valence-electron chi connectivity index (χ3n) is 2.72. The summed E-state index contributed by atoms with van der Waals surface area (Å²) in [4.78, 5) is 4.44. The van der Waals surface area contributed by atoms with E-state index in [0.717, 1.165) is 0 Å². The number of imidazole rings is 1. The third-order valence-corrected chi connectivity index (χ3v) is 2.72. The number of anilines is 1. The minimum atomic E-state index is -0.323. The van der Waals surface area contributed by atoms with E-state index in [1.165, 1.54) is 16.8 Å². The molecule has 0 bridgehead atoms. The number of halogens is 1. The van der Waals surface area contributed by atoms with Gasteiger partial charge in [0.2, 0.25) is 0 Å². The molecule has 0 atom stereocenters. The molecule has 0 aliphatic carbocycles. The Morgan fingerprint density at radius 3 is 2.44 bits per heavy atom. The maximum absolute atomic E-state index is 13.2. The topological polar surface area (TPSA) is 69.9 Å². The monoisotopic (exact) mass is 248 g/mol. The average molecular weight is 248 g/mol. The predicted molar refractivity (Wildman–Crippen MR) is 70.9 cm³/mol. The van der Waals surface area contributed by atoms with Gasteiger partial charge in [-0.25, -0.2) is 14.1 Å². The van der Waals surface area contributed by atoms with Gasteiger partial charge in [-0.1, -0.05) is 32.9 Å². The molecule has 4 N–H and O–H groups in total. The van der Waals surface area contributed by atoms with E-state index >= 15 is 0 Å². The van der Waals surface area contributed by atoms with E-state index < -0.39 is 0 Å². The van der Waals surface area contributed by atoms with Crippen LogP contribution in [0, 0.1) is 5.82 Å². The Balaban J connectivity index is 2.60. The summed E-state index contributed by atoms with van der Waals surface area (Å²) in [5.41, 5.74) is 6.85. The highest BCUT2D eigenvalue weighted by Crippen LogP contribution is 2.30. The van der Waals surface area contributed by atoms with Gasteiger partial charge < -0.3 is 11.6 Å². The molecule has 2 rings (SSSR count). The molecule has 0 amide bonds. The molecule has 1 heterocycles. The van der Waals surface area contributed by atoms with Crippen molar-refractivity contribution in [3.63, 3.8) is 0 Å².